The molecule has 0 atom stereocenters. The molecule has 0 radical (unpaired) electrons. The van der Waals surface area contributed by atoms with Gasteiger partial charge in [0.25, 0.3) is 5.91 Å². The van der Waals surface area contributed by atoms with E-state index in [1.165, 1.54) is 30.3 Å². The molecule has 1 aromatic heterocycles. The summed E-state index contributed by atoms with van der Waals surface area (Å²) in [5, 5.41) is 7.08. The molecule has 0 unspecified atom stereocenters. The van der Waals surface area contributed by atoms with Crippen LogP contribution in [0.4, 0.5) is 0 Å². The van der Waals surface area contributed by atoms with Gasteiger partial charge >= 0.3 is 0 Å². The van der Waals surface area contributed by atoms with E-state index in [0.29, 0.717) is 18.4 Å². The van der Waals surface area contributed by atoms with Gasteiger partial charge in [-0.1, -0.05) is 53.7 Å². The number of likely N-dealkylation sites (N-methyl/N-ethyl adjacent to an activating group) is 2. The lowest BCUT2D eigenvalue weighted by Crippen LogP contribution is -2.54. The number of aryl methyl sites for hydroxylation is 2. The lowest BCUT2D eigenvalue weighted by molar-refractivity contribution is -0.108. The molecule has 1 saturated heterocycles. The number of allylic oxidation sites excluding steroid dienone is 1. The van der Waals surface area contributed by atoms with Gasteiger partial charge in [-0.25, -0.2) is 0 Å². The number of rotatable bonds is 9. The summed E-state index contributed by atoms with van der Waals surface area (Å²) in [5.41, 5.74) is 9.29. The molecular formula is C31H42BrN5O4. The molecule has 0 spiro atoms. The quantitative estimate of drug-likeness (QED) is 0.246. The van der Waals surface area contributed by atoms with Crippen molar-refractivity contribution in [3.8, 4) is 0 Å². The number of halogens is 1. The van der Waals surface area contributed by atoms with E-state index >= 15 is 0 Å². The molecule has 2 aromatic carbocycles. The van der Waals surface area contributed by atoms with Crippen LogP contribution in [-0.2, 0) is 33.8 Å². The maximum atomic E-state index is 12.8. The molecule has 2 heterocycles. The molecule has 4 rings (SSSR count). The van der Waals surface area contributed by atoms with Crippen LogP contribution in [0, 0.1) is 6.92 Å². The number of aldehydes is 2. The Morgan fingerprint density at radius 2 is 1.78 bits per heavy atom. The number of primary amides is 1. The molecular weight excluding hydrogens is 586 g/mol. The van der Waals surface area contributed by atoms with Crippen LogP contribution < -0.4 is 16.4 Å². The van der Waals surface area contributed by atoms with Crippen molar-refractivity contribution >= 4 is 51.7 Å². The van der Waals surface area contributed by atoms with Crippen LogP contribution in [0.25, 0.3) is 10.9 Å². The van der Waals surface area contributed by atoms with Crippen LogP contribution in [0.1, 0.15) is 34.0 Å². The Kier molecular flexibility index (Phi) is 16.8. The predicted octanol–water partition coefficient (Wildman–Crippen LogP) is 3.44. The molecule has 0 saturated carbocycles. The first kappa shape index (κ1) is 35.4. The molecule has 0 aliphatic carbocycles. The average Bonchev–Trinajstić information content (AvgIpc) is 3.31. The summed E-state index contributed by atoms with van der Waals surface area (Å²) < 4.78 is 2.76. The SMILES string of the molecule is C=CC=O.CCc1ccccc1CCNC(=O)c1cn(CC=O)c2c(C)cc(Br)cc12.CNC1CN(C)C1.NC=O. The number of fused-ring (bicyclic) bond motifs is 1. The molecule has 3 aromatic rings. The van der Waals surface area contributed by atoms with Gasteiger partial charge in [0.15, 0.2) is 0 Å². The largest absolute Gasteiger partial charge is 0.372 e. The number of carbonyl (C=O) groups is 4. The number of nitrogens with two attached hydrogens (primary N) is 1. The van der Waals surface area contributed by atoms with E-state index in [0.717, 1.165) is 46.1 Å². The number of carbonyl (C=O) groups excluding carboxylic acids is 4. The molecule has 0 bridgehead atoms. The fourth-order valence-electron chi connectivity index (χ4n) is 4.45. The van der Waals surface area contributed by atoms with Crippen LogP contribution in [0.3, 0.4) is 0 Å². The molecule has 1 aliphatic heterocycles. The Morgan fingerprint density at radius 1 is 1.17 bits per heavy atom. The highest BCUT2D eigenvalue weighted by atomic mass is 79.9. The van der Waals surface area contributed by atoms with Crippen LogP contribution in [0.15, 0.2) is 59.7 Å². The van der Waals surface area contributed by atoms with Crippen molar-refractivity contribution in [3.63, 3.8) is 0 Å². The molecule has 222 valence electrons. The number of nitrogens with zero attached hydrogens (tertiary/aromatic N) is 2. The molecule has 2 amide bonds. The van der Waals surface area contributed by atoms with E-state index in [9.17, 15) is 9.59 Å². The third-order valence-electron chi connectivity index (χ3n) is 6.39. The summed E-state index contributed by atoms with van der Waals surface area (Å²) in [6.45, 7) is 10.5. The predicted molar refractivity (Wildman–Crippen MR) is 169 cm³/mol. The Balaban J connectivity index is 0.000000494. The van der Waals surface area contributed by atoms with Crippen LogP contribution in [-0.4, -0.2) is 74.1 Å². The lowest BCUT2D eigenvalue weighted by atomic mass is 10.0. The number of hydrogen-bond acceptors (Lipinski definition) is 6. The van der Waals surface area contributed by atoms with E-state index in [1.807, 2.05) is 42.8 Å². The number of aromatic nitrogens is 1. The molecule has 41 heavy (non-hydrogen) atoms. The zero-order valence-electron chi connectivity index (χ0n) is 24.4. The van der Waals surface area contributed by atoms with Gasteiger partial charge in [-0.2, -0.15) is 0 Å². The second-order valence-corrected chi connectivity index (χ2v) is 10.2. The smallest absolute Gasteiger partial charge is 0.253 e. The molecule has 1 aliphatic rings. The zero-order valence-corrected chi connectivity index (χ0v) is 25.9. The first-order chi connectivity index (χ1) is 19.7. The van der Waals surface area contributed by atoms with E-state index in [2.05, 4.69) is 69.9 Å². The van der Waals surface area contributed by atoms with Crippen molar-refractivity contribution in [2.75, 3.05) is 33.7 Å². The van der Waals surface area contributed by atoms with Crippen molar-refractivity contribution < 1.29 is 19.2 Å². The summed E-state index contributed by atoms with van der Waals surface area (Å²) in [5.74, 6) is -0.115. The lowest BCUT2D eigenvalue weighted by Gasteiger charge is -2.35. The van der Waals surface area contributed by atoms with Crippen molar-refractivity contribution in [3.05, 3.63) is 82.0 Å². The number of benzene rings is 2. The highest BCUT2D eigenvalue weighted by molar-refractivity contribution is 9.10. The number of nitrogens with one attached hydrogen (secondary N) is 2. The standard InChI is InChI=1S/C22H23BrN2O2.C5H12N2.C3H4O.CH3NO/c1-3-16-6-4-5-7-17(16)8-9-24-22(27)20-14-25(10-11-26)21-15(2)12-18(23)13-19(20)21;1-6-5-3-7(2)4-5;1-2-3-4;2-1-3/h4-7,11-14H,3,8-10H2,1-2H3,(H,24,27);5-6H,3-4H2,1-2H3;2-3H,1H2;1H,(H2,2,3). The molecule has 9 nitrogen and oxygen atoms in total. The highest BCUT2D eigenvalue weighted by Gasteiger charge is 2.20. The van der Waals surface area contributed by atoms with Crippen molar-refractivity contribution in [1.29, 1.82) is 0 Å². The van der Waals surface area contributed by atoms with Crippen molar-refractivity contribution in [2.45, 2.75) is 39.3 Å². The topological polar surface area (TPSA) is 127 Å². The zero-order chi connectivity index (χ0) is 30.8. The summed E-state index contributed by atoms with van der Waals surface area (Å²) in [7, 11) is 4.14. The minimum atomic E-state index is -0.115. The van der Waals surface area contributed by atoms with Crippen LogP contribution in [0.5, 0.6) is 0 Å². The molecule has 4 N–H and O–H groups in total. The molecule has 10 heteroatoms. The van der Waals surface area contributed by atoms with Gasteiger partial charge in [-0.3, -0.25) is 14.4 Å². The van der Waals surface area contributed by atoms with Gasteiger partial charge in [-0.05, 0) is 68.8 Å². The first-order valence-electron chi connectivity index (χ1n) is 13.4. The third-order valence-corrected chi connectivity index (χ3v) is 6.85. The Morgan fingerprint density at radius 3 is 2.27 bits per heavy atom. The molecule has 1 fully saturated rings. The van der Waals surface area contributed by atoms with Gasteiger partial charge in [0, 0.05) is 41.7 Å². The monoisotopic (exact) mass is 627 g/mol. The first-order valence-corrected chi connectivity index (χ1v) is 14.1. The second-order valence-electron chi connectivity index (χ2n) is 9.32. The van der Waals surface area contributed by atoms with Gasteiger partial charge in [0.05, 0.1) is 17.6 Å². The maximum absolute atomic E-state index is 12.8. The number of likely N-dealkylation sites (tertiary alicyclic amines) is 1. The number of amides is 2. The third kappa shape index (κ3) is 11.4. The fourth-order valence-corrected chi connectivity index (χ4v) is 5.02. The van der Waals surface area contributed by atoms with Gasteiger partial charge < -0.3 is 30.6 Å². The van der Waals surface area contributed by atoms with E-state index < -0.39 is 0 Å². The average molecular weight is 629 g/mol. The minimum absolute atomic E-state index is 0.115. The Bertz CT molecular complexity index is 1280. The summed E-state index contributed by atoms with van der Waals surface area (Å²) in [6, 6.07) is 13.0. The van der Waals surface area contributed by atoms with E-state index in [4.69, 9.17) is 9.59 Å². The Hall–Kier alpha value is -3.60. The normalized spacial score (nSPS) is 12.2. The van der Waals surface area contributed by atoms with Gasteiger partial charge in [0.1, 0.15) is 12.6 Å². The summed E-state index contributed by atoms with van der Waals surface area (Å²) in [4.78, 5) is 43.8. The van der Waals surface area contributed by atoms with Crippen molar-refractivity contribution in [2.24, 2.45) is 5.73 Å². The van der Waals surface area contributed by atoms with E-state index in [-0.39, 0.29) is 18.9 Å². The fraction of sp³-hybridized carbons (Fsp3) is 0.355. The highest BCUT2D eigenvalue weighted by Crippen LogP contribution is 2.28. The van der Waals surface area contributed by atoms with Gasteiger partial charge in [0.2, 0.25) is 6.41 Å². The summed E-state index contributed by atoms with van der Waals surface area (Å²) >= 11 is 3.50. The second kappa shape index (κ2) is 19.5. The van der Waals surface area contributed by atoms with E-state index in [1.54, 1.807) is 6.20 Å². The van der Waals surface area contributed by atoms with Crippen molar-refractivity contribution in [1.82, 2.24) is 20.1 Å². The minimum Gasteiger partial charge on any atom is -0.372 e. The Labute approximate surface area is 251 Å². The maximum Gasteiger partial charge on any atom is 0.253 e. The van der Waals surface area contributed by atoms with Crippen LogP contribution >= 0.6 is 15.9 Å². The van der Waals surface area contributed by atoms with Crippen LogP contribution in [0.2, 0.25) is 0 Å². The summed E-state index contributed by atoms with van der Waals surface area (Å²) in [6.07, 6.45) is 6.49. The number of hydrogen-bond donors (Lipinski definition) is 3. The van der Waals surface area contributed by atoms with Gasteiger partial charge in [-0.15, -0.1) is 0 Å².